The number of aliphatic hydroxyl groups is 1. The Kier molecular flexibility index (Phi) is 3.98. The molecule has 1 unspecified atom stereocenters. The maximum absolute atomic E-state index is 8.86. The summed E-state index contributed by atoms with van der Waals surface area (Å²) in [6.45, 7) is 4.36. The Balaban J connectivity index is 1.96. The van der Waals surface area contributed by atoms with Gasteiger partial charge in [0.2, 0.25) is 0 Å². The van der Waals surface area contributed by atoms with Crippen molar-refractivity contribution in [3.05, 3.63) is 0 Å². The lowest BCUT2D eigenvalue weighted by atomic mass is 10.3. The Hall–Kier alpha value is -0.120. The van der Waals surface area contributed by atoms with Gasteiger partial charge >= 0.3 is 0 Å². The van der Waals surface area contributed by atoms with Gasteiger partial charge in [-0.15, -0.1) is 0 Å². The molecule has 1 rings (SSSR count). The van der Waals surface area contributed by atoms with Crippen molar-refractivity contribution in [3.63, 3.8) is 0 Å². The first kappa shape index (κ1) is 9.96. The molecule has 12 heavy (non-hydrogen) atoms. The number of nitrogens with zero attached hydrogens (tertiary/aromatic N) is 1. The maximum Gasteiger partial charge on any atom is 0.0584 e. The Morgan fingerprint density at radius 2 is 2.25 bits per heavy atom. The minimum Gasteiger partial charge on any atom is -0.395 e. The predicted molar refractivity (Wildman–Crippen MR) is 50.2 cm³/mol. The third kappa shape index (κ3) is 3.52. The molecule has 0 bridgehead atoms. The minimum absolute atomic E-state index is 0.250. The molecule has 1 atom stereocenters. The summed E-state index contributed by atoms with van der Waals surface area (Å²) in [6, 6.07) is 1.08. The lowest BCUT2D eigenvalue weighted by Crippen LogP contribution is -2.37. The normalized spacial score (nSPS) is 20.0. The van der Waals surface area contributed by atoms with E-state index in [0.717, 1.165) is 19.1 Å². The van der Waals surface area contributed by atoms with Crippen molar-refractivity contribution in [1.29, 1.82) is 0 Å². The van der Waals surface area contributed by atoms with Gasteiger partial charge in [0, 0.05) is 25.2 Å². The summed E-state index contributed by atoms with van der Waals surface area (Å²) in [7, 11) is 2.05. The second-order valence-electron chi connectivity index (χ2n) is 3.74. The third-order valence-electron chi connectivity index (χ3n) is 2.49. The van der Waals surface area contributed by atoms with Crippen molar-refractivity contribution >= 4 is 0 Å². The van der Waals surface area contributed by atoms with Gasteiger partial charge in [0.1, 0.15) is 0 Å². The van der Waals surface area contributed by atoms with Crippen molar-refractivity contribution in [3.8, 4) is 0 Å². The lowest BCUT2D eigenvalue weighted by molar-refractivity contribution is 0.159. The summed E-state index contributed by atoms with van der Waals surface area (Å²) in [5.74, 6) is 0. The molecule has 0 aliphatic heterocycles. The molecule has 0 radical (unpaired) electrons. The quantitative estimate of drug-likeness (QED) is 0.594. The molecule has 1 fully saturated rings. The van der Waals surface area contributed by atoms with Crippen LogP contribution in [0.25, 0.3) is 0 Å². The highest BCUT2D eigenvalue weighted by molar-refractivity contribution is 4.81. The fourth-order valence-electron chi connectivity index (χ4n) is 1.09. The van der Waals surface area contributed by atoms with E-state index in [4.69, 9.17) is 5.11 Å². The van der Waals surface area contributed by atoms with Crippen LogP contribution in [-0.2, 0) is 0 Å². The molecule has 0 saturated heterocycles. The number of hydrogen-bond donors (Lipinski definition) is 2. The largest absolute Gasteiger partial charge is 0.395 e. The number of hydrogen-bond acceptors (Lipinski definition) is 3. The van der Waals surface area contributed by atoms with Crippen molar-refractivity contribution in [2.45, 2.75) is 31.8 Å². The monoisotopic (exact) mass is 172 g/mol. The molecule has 1 aliphatic carbocycles. The summed E-state index contributed by atoms with van der Waals surface area (Å²) in [5.41, 5.74) is 0. The molecule has 0 aromatic heterocycles. The van der Waals surface area contributed by atoms with Gasteiger partial charge in [0.25, 0.3) is 0 Å². The maximum atomic E-state index is 8.86. The van der Waals surface area contributed by atoms with Gasteiger partial charge in [-0.3, -0.25) is 0 Å². The number of nitrogens with one attached hydrogen (secondary N) is 1. The van der Waals surface area contributed by atoms with Crippen molar-refractivity contribution < 1.29 is 5.11 Å². The van der Waals surface area contributed by atoms with E-state index >= 15 is 0 Å². The molecule has 0 aromatic carbocycles. The predicted octanol–water partition coefficient (Wildman–Crippen LogP) is 0.0510. The van der Waals surface area contributed by atoms with Gasteiger partial charge in [-0.25, -0.2) is 0 Å². The van der Waals surface area contributed by atoms with Crippen LogP contribution >= 0.6 is 0 Å². The van der Waals surface area contributed by atoms with E-state index in [0.29, 0.717) is 0 Å². The van der Waals surface area contributed by atoms with Gasteiger partial charge < -0.3 is 15.3 Å². The Morgan fingerprint density at radius 1 is 1.58 bits per heavy atom. The van der Waals surface area contributed by atoms with Crippen LogP contribution < -0.4 is 5.32 Å². The highest BCUT2D eigenvalue weighted by Gasteiger charge is 2.20. The molecule has 3 heteroatoms. The highest BCUT2D eigenvalue weighted by atomic mass is 16.3. The molecular formula is C9H20N2O. The third-order valence-corrected chi connectivity index (χ3v) is 2.49. The standard InChI is InChI=1S/C9H20N2O/c1-8(7-12)11(2)6-5-10-9-3-4-9/h8-10,12H,3-7H2,1-2H3. The van der Waals surface area contributed by atoms with Crippen LogP contribution in [0, 0.1) is 0 Å². The van der Waals surface area contributed by atoms with Crippen LogP contribution in [0.5, 0.6) is 0 Å². The molecule has 1 saturated carbocycles. The molecule has 3 nitrogen and oxygen atoms in total. The number of likely N-dealkylation sites (N-methyl/N-ethyl adjacent to an activating group) is 1. The molecule has 0 amide bonds. The van der Waals surface area contributed by atoms with Crippen LogP contribution in [0.3, 0.4) is 0 Å². The first-order valence-corrected chi connectivity index (χ1v) is 4.78. The fraction of sp³-hybridized carbons (Fsp3) is 1.00. The van der Waals surface area contributed by atoms with E-state index in [1.807, 2.05) is 6.92 Å². The first-order chi connectivity index (χ1) is 5.74. The summed E-state index contributed by atoms with van der Waals surface area (Å²) in [5, 5.41) is 12.3. The SMILES string of the molecule is CC(CO)N(C)CCNC1CC1. The zero-order valence-corrected chi connectivity index (χ0v) is 8.08. The van der Waals surface area contributed by atoms with E-state index in [9.17, 15) is 0 Å². The molecule has 0 aromatic rings. The van der Waals surface area contributed by atoms with Gasteiger partial charge in [0.05, 0.1) is 6.61 Å². The topological polar surface area (TPSA) is 35.5 Å². The second kappa shape index (κ2) is 4.80. The van der Waals surface area contributed by atoms with Crippen LogP contribution in [0.15, 0.2) is 0 Å². The van der Waals surface area contributed by atoms with Crippen LogP contribution in [-0.4, -0.2) is 48.8 Å². The molecule has 2 N–H and O–H groups in total. The van der Waals surface area contributed by atoms with Gasteiger partial charge in [-0.05, 0) is 26.8 Å². The Bertz CT molecular complexity index is 126. The van der Waals surface area contributed by atoms with Crippen molar-refractivity contribution in [2.75, 3.05) is 26.7 Å². The Morgan fingerprint density at radius 3 is 2.75 bits per heavy atom. The summed E-state index contributed by atoms with van der Waals surface area (Å²) >= 11 is 0. The average molecular weight is 172 g/mol. The Labute approximate surface area is 74.8 Å². The molecule has 1 aliphatic rings. The van der Waals surface area contributed by atoms with Crippen LogP contribution in [0.4, 0.5) is 0 Å². The zero-order chi connectivity index (χ0) is 8.97. The molecule has 0 heterocycles. The van der Waals surface area contributed by atoms with Gasteiger partial charge in [0.15, 0.2) is 0 Å². The van der Waals surface area contributed by atoms with E-state index in [2.05, 4.69) is 17.3 Å². The second-order valence-corrected chi connectivity index (χ2v) is 3.74. The summed E-state index contributed by atoms with van der Waals surface area (Å²) in [6.07, 6.45) is 2.69. The van der Waals surface area contributed by atoms with Crippen LogP contribution in [0.1, 0.15) is 19.8 Å². The van der Waals surface area contributed by atoms with Crippen LogP contribution in [0.2, 0.25) is 0 Å². The molecule has 72 valence electrons. The van der Waals surface area contributed by atoms with E-state index < -0.39 is 0 Å². The smallest absolute Gasteiger partial charge is 0.0584 e. The summed E-state index contributed by atoms with van der Waals surface area (Å²) < 4.78 is 0. The summed E-state index contributed by atoms with van der Waals surface area (Å²) in [4.78, 5) is 2.18. The van der Waals surface area contributed by atoms with E-state index in [-0.39, 0.29) is 12.6 Å². The average Bonchev–Trinajstić information content (AvgIpc) is 2.86. The first-order valence-electron chi connectivity index (χ1n) is 4.78. The fourth-order valence-corrected chi connectivity index (χ4v) is 1.09. The van der Waals surface area contributed by atoms with Crippen molar-refractivity contribution in [1.82, 2.24) is 10.2 Å². The minimum atomic E-state index is 0.250. The molecular weight excluding hydrogens is 152 g/mol. The van der Waals surface area contributed by atoms with E-state index in [1.165, 1.54) is 12.8 Å². The van der Waals surface area contributed by atoms with E-state index in [1.54, 1.807) is 0 Å². The molecule has 0 spiro atoms. The number of aliphatic hydroxyl groups excluding tert-OH is 1. The highest BCUT2D eigenvalue weighted by Crippen LogP contribution is 2.17. The number of rotatable bonds is 6. The van der Waals surface area contributed by atoms with Crippen molar-refractivity contribution in [2.24, 2.45) is 0 Å². The zero-order valence-electron chi connectivity index (χ0n) is 8.08. The van der Waals surface area contributed by atoms with Gasteiger partial charge in [-0.2, -0.15) is 0 Å². The lowest BCUT2D eigenvalue weighted by Gasteiger charge is -2.22. The van der Waals surface area contributed by atoms with Gasteiger partial charge in [-0.1, -0.05) is 0 Å².